The number of hydrogen-bond donors (Lipinski definition) is 1. The zero-order valence-corrected chi connectivity index (χ0v) is 16.3. The average Bonchev–Trinajstić information content (AvgIpc) is 2.94. The zero-order valence-electron chi connectivity index (χ0n) is 14.8. The number of aromatic nitrogens is 2. The van der Waals surface area contributed by atoms with Crippen molar-refractivity contribution in [2.45, 2.75) is 19.5 Å². The van der Waals surface area contributed by atoms with Gasteiger partial charge < -0.3 is 14.8 Å². The van der Waals surface area contributed by atoms with Crippen LogP contribution in [0.25, 0.3) is 11.0 Å². The number of carbonyl (C=O) groups excluding carboxylic acids is 1. The van der Waals surface area contributed by atoms with Gasteiger partial charge in [-0.2, -0.15) is 0 Å². The van der Waals surface area contributed by atoms with E-state index in [0.29, 0.717) is 22.3 Å². The monoisotopic (exact) mass is 390 g/mol. The molecule has 26 heavy (non-hydrogen) atoms. The highest BCUT2D eigenvalue weighted by Crippen LogP contribution is 2.28. The quantitative estimate of drug-likeness (QED) is 0.691. The van der Waals surface area contributed by atoms with Crippen LogP contribution in [0.4, 0.5) is 5.69 Å². The summed E-state index contributed by atoms with van der Waals surface area (Å²) in [5, 5.41) is 3.82. The second-order valence-corrected chi connectivity index (χ2v) is 7.26. The lowest BCUT2D eigenvalue weighted by molar-refractivity contribution is -0.118. The van der Waals surface area contributed by atoms with Gasteiger partial charge in [0.25, 0.3) is 0 Å². The van der Waals surface area contributed by atoms with Crippen molar-refractivity contribution >= 4 is 45.8 Å². The second kappa shape index (κ2) is 7.66. The number of halogens is 2. The Bertz CT molecular complexity index is 952. The molecule has 0 aliphatic carbocycles. The molecule has 0 bridgehead atoms. The SMILES string of the molecule is CC(C(=O)Nc1cc(Cl)ccc1Cl)n1c(CN(C)C)nc2ccccc21. The van der Waals surface area contributed by atoms with E-state index in [4.69, 9.17) is 23.2 Å². The van der Waals surface area contributed by atoms with Gasteiger partial charge in [-0.05, 0) is 51.4 Å². The van der Waals surface area contributed by atoms with Crippen LogP contribution in [-0.4, -0.2) is 34.5 Å². The van der Waals surface area contributed by atoms with Gasteiger partial charge in [-0.3, -0.25) is 4.79 Å². The lowest BCUT2D eigenvalue weighted by Gasteiger charge is -2.19. The van der Waals surface area contributed by atoms with E-state index in [1.54, 1.807) is 18.2 Å². The molecule has 0 aliphatic heterocycles. The molecule has 0 saturated carbocycles. The van der Waals surface area contributed by atoms with Crippen LogP contribution >= 0.6 is 23.2 Å². The molecule has 5 nitrogen and oxygen atoms in total. The van der Waals surface area contributed by atoms with Gasteiger partial charge in [0.2, 0.25) is 5.91 Å². The van der Waals surface area contributed by atoms with Gasteiger partial charge in [-0.1, -0.05) is 35.3 Å². The molecule has 7 heteroatoms. The summed E-state index contributed by atoms with van der Waals surface area (Å²) in [5.74, 6) is 0.647. The smallest absolute Gasteiger partial charge is 0.247 e. The molecule has 136 valence electrons. The van der Waals surface area contributed by atoms with Crippen molar-refractivity contribution < 1.29 is 4.79 Å². The van der Waals surface area contributed by atoms with Crippen molar-refractivity contribution in [3.63, 3.8) is 0 Å². The number of anilines is 1. The maximum absolute atomic E-state index is 12.9. The standard InChI is InChI=1S/C19H20Cl2N4O/c1-12(19(26)23-16-10-13(20)8-9-14(16)21)25-17-7-5-4-6-15(17)22-18(25)11-24(2)3/h4-10,12H,11H2,1-3H3,(H,23,26). The first kappa shape index (κ1) is 18.7. The molecule has 2 aromatic carbocycles. The molecule has 1 unspecified atom stereocenters. The number of hydrogen-bond acceptors (Lipinski definition) is 3. The van der Waals surface area contributed by atoms with E-state index in [1.165, 1.54) is 0 Å². The summed E-state index contributed by atoms with van der Waals surface area (Å²) in [5.41, 5.74) is 2.28. The molecule has 3 rings (SSSR count). The van der Waals surface area contributed by atoms with Crippen LogP contribution in [0.1, 0.15) is 18.8 Å². The Balaban J connectivity index is 1.96. The van der Waals surface area contributed by atoms with Gasteiger partial charge >= 0.3 is 0 Å². The van der Waals surface area contributed by atoms with Crippen LogP contribution in [0.2, 0.25) is 10.0 Å². The fourth-order valence-electron chi connectivity index (χ4n) is 2.87. The minimum absolute atomic E-state index is 0.183. The fraction of sp³-hybridized carbons (Fsp3) is 0.263. The van der Waals surface area contributed by atoms with Crippen LogP contribution in [0, 0.1) is 0 Å². The molecular formula is C19H20Cl2N4O. The minimum atomic E-state index is -0.465. The number of nitrogens with zero attached hydrogens (tertiary/aromatic N) is 3. The fourth-order valence-corrected chi connectivity index (χ4v) is 3.21. The topological polar surface area (TPSA) is 50.2 Å². The third-order valence-corrected chi connectivity index (χ3v) is 4.64. The lowest BCUT2D eigenvalue weighted by atomic mass is 10.2. The second-order valence-electron chi connectivity index (χ2n) is 6.41. The first-order chi connectivity index (χ1) is 12.4. The first-order valence-corrected chi connectivity index (χ1v) is 8.99. The Labute approximate surface area is 162 Å². The molecule has 1 N–H and O–H groups in total. The number of nitrogens with one attached hydrogen (secondary N) is 1. The number of rotatable bonds is 5. The number of benzene rings is 2. The molecule has 0 aliphatic rings. The lowest BCUT2D eigenvalue weighted by Crippen LogP contribution is -2.26. The normalized spacial score (nSPS) is 12.5. The first-order valence-electron chi connectivity index (χ1n) is 8.23. The van der Waals surface area contributed by atoms with Crippen LogP contribution in [-0.2, 0) is 11.3 Å². The Morgan fingerprint density at radius 1 is 1.23 bits per heavy atom. The Kier molecular flexibility index (Phi) is 5.51. The van der Waals surface area contributed by atoms with Crippen LogP contribution in [0.15, 0.2) is 42.5 Å². The van der Waals surface area contributed by atoms with Crippen LogP contribution < -0.4 is 5.32 Å². The van der Waals surface area contributed by atoms with E-state index in [0.717, 1.165) is 16.9 Å². The molecule has 0 spiro atoms. The van der Waals surface area contributed by atoms with Crippen molar-refractivity contribution in [3.8, 4) is 0 Å². The van der Waals surface area contributed by atoms with E-state index in [9.17, 15) is 4.79 Å². The van der Waals surface area contributed by atoms with E-state index in [1.807, 2.05) is 54.8 Å². The highest BCUT2D eigenvalue weighted by molar-refractivity contribution is 6.35. The molecule has 0 radical (unpaired) electrons. The van der Waals surface area contributed by atoms with Gasteiger partial charge in [0.1, 0.15) is 11.9 Å². The van der Waals surface area contributed by atoms with Crippen molar-refractivity contribution in [1.82, 2.24) is 14.5 Å². The predicted octanol–water partition coefficient (Wildman–Crippen LogP) is 4.60. The van der Waals surface area contributed by atoms with Crippen molar-refractivity contribution in [2.75, 3.05) is 19.4 Å². The average molecular weight is 391 g/mol. The Morgan fingerprint density at radius 3 is 2.69 bits per heavy atom. The summed E-state index contributed by atoms with van der Waals surface area (Å²) in [6.45, 7) is 2.48. The van der Waals surface area contributed by atoms with E-state index >= 15 is 0 Å². The van der Waals surface area contributed by atoms with Crippen LogP contribution in [0.5, 0.6) is 0 Å². The van der Waals surface area contributed by atoms with Crippen LogP contribution in [0.3, 0.4) is 0 Å². The van der Waals surface area contributed by atoms with Gasteiger partial charge in [-0.15, -0.1) is 0 Å². The highest BCUT2D eigenvalue weighted by Gasteiger charge is 2.22. The molecular weight excluding hydrogens is 371 g/mol. The van der Waals surface area contributed by atoms with Gasteiger partial charge in [-0.25, -0.2) is 4.98 Å². The van der Waals surface area contributed by atoms with E-state index < -0.39 is 6.04 Å². The maximum Gasteiger partial charge on any atom is 0.247 e. The molecule has 1 heterocycles. The summed E-state index contributed by atoms with van der Waals surface area (Å²) in [7, 11) is 3.94. The van der Waals surface area contributed by atoms with Gasteiger partial charge in [0.15, 0.2) is 0 Å². The highest BCUT2D eigenvalue weighted by atomic mass is 35.5. The minimum Gasteiger partial charge on any atom is -0.323 e. The van der Waals surface area contributed by atoms with E-state index in [2.05, 4.69) is 10.3 Å². The summed E-state index contributed by atoms with van der Waals surface area (Å²) in [6, 6.07) is 12.3. The molecule has 1 aromatic heterocycles. The number of carbonyl (C=O) groups is 1. The molecule has 0 saturated heterocycles. The Hall–Kier alpha value is -2.08. The molecule has 3 aromatic rings. The number of amides is 1. The summed E-state index contributed by atoms with van der Waals surface area (Å²) < 4.78 is 1.96. The van der Waals surface area contributed by atoms with Crippen molar-refractivity contribution in [2.24, 2.45) is 0 Å². The van der Waals surface area contributed by atoms with Crippen molar-refractivity contribution in [1.29, 1.82) is 0 Å². The predicted molar refractivity (Wildman–Crippen MR) is 107 cm³/mol. The molecule has 1 atom stereocenters. The maximum atomic E-state index is 12.9. The van der Waals surface area contributed by atoms with Crippen molar-refractivity contribution in [3.05, 3.63) is 58.3 Å². The summed E-state index contributed by atoms with van der Waals surface area (Å²) in [6.07, 6.45) is 0. The number of fused-ring (bicyclic) bond motifs is 1. The van der Waals surface area contributed by atoms with Gasteiger partial charge in [0, 0.05) is 5.02 Å². The molecule has 1 amide bonds. The number of imidazole rings is 1. The molecule has 0 fully saturated rings. The third-order valence-electron chi connectivity index (χ3n) is 4.08. The zero-order chi connectivity index (χ0) is 18.8. The number of para-hydroxylation sites is 2. The Morgan fingerprint density at radius 2 is 1.96 bits per heavy atom. The summed E-state index contributed by atoms with van der Waals surface area (Å²) >= 11 is 12.2. The van der Waals surface area contributed by atoms with Gasteiger partial charge in [0.05, 0.1) is 28.3 Å². The van der Waals surface area contributed by atoms with E-state index in [-0.39, 0.29) is 5.91 Å². The largest absolute Gasteiger partial charge is 0.323 e. The third kappa shape index (κ3) is 3.85. The summed E-state index contributed by atoms with van der Waals surface area (Å²) in [4.78, 5) is 19.6.